The minimum atomic E-state index is 0.175. The molecule has 0 aliphatic rings. The number of aliphatic hydroxyl groups excluding tert-OH is 1. The zero-order chi connectivity index (χ0) is 11.8. The van der Waals surface area contributed by atoms with Crippen LogP contribution in [0.4, 0.5) is 0 Å². The molecule has 1 aromatic rings. The van der Waals surface area contributed by atoms with E-state index in [1.54, 1.807) is 0 Å². The van der Waals surface area contributed by atoms with E-state index >= 15 is 0 Å². The van der Waals surface area contributed by atoms with E-state index in [1.807, 2.05) is 24.3 Å². The van der Waals surface area contributed by atoms with E-state index in [0.29, 0.717) is 13.0 Å². The molecule has 0 atom stereocenters. The van der Waals surface area contributed by atoms with Gasteiger partial charge >= 0.3 is 0 Å². The molecule has 0 aliphatic heterocycles. The molecule has 0 aliphatic carbocycles. The van der Waals surface area contributed by atoms with E-state index in [1.165, 1.54) is 5.56 Å². The van der Waals surface area contributed by atoms with Gasteiger partial charge in [0.05, 0.1) is 19.1 Å². The van der Waals surface area contributed by atoms with Crippen LogP contribution in [0.5, 0.6) is 0 Å². The third kappa shape index (κ3) is 3.65. The van der Waals surface area contributed by atoms with E-state index in [4.69, 9.17) is 10.4 Å². The minimum absolute atomic E-state index is 0.175. The molecule has 0 spiro atoms. The summed E-state index contributed by atoms with van der Waals surface area (Å²) in [5.74, 6) is 0. The highest BCUT2D eigenvalue weighted by atomic mass is 16.3. The van der Waals surface area contributed by atoms with Crippen LogP contribution in [-0.2, 0) is 13.0 Å². The van der Waals surface area contributed by atoms with Crippen LogP contribution in [0.1, 0.15) is 18.1 Å². The zero-order valence-electron chi connectivity index (χ0n) is 9.69. The summed E-state index contributed by atoms with van der Waals surface area (Å²) in [5, 5.41) is 17.7. The van der Waals surface area contributed by atoms with Crippen LogP contribution in [-0.4, -0.2) is 29.7 Å². The number of aliphatic hydroxyl groups is 1. The number of benzene rings is 1. The highest BCUT2D eigenvalue weighted by Crippen LogP contribution is 2.12. The van der Waals surface area contributed by atoms with Gasteiger partial charge in [-0.05, 0) is 17.7 Å². The number of likely N-dealkylation sites (N-methyl/N-ethyl adjacent to an activating group) is 1. The summed E-state index contributed by atoms with van der Waals surface area (Å²) in [6.07, 6.45) is 0.451. The van der Waals surface area contributed by atoms with Crippen molar-refractivity contribution in [2.45, 2.75) is 19.9 Å². The van der Waals surface area contributed by atoms with Gasteiger partial charge in [0.2, 0.25) is 0 Å². The fourth-order valence-corrected chi connectivity index (χ4v) is 1.70. The third-order valence-corrected chi connectivity index (χ3v) is 2.65. The molecule has 0 aromatic heterocycles. The smallest absolute Gasteiger partial charge is 0.0669 e. The molecule has 0 saturated heterocycles. The van der Waals surface area contributed by atoms with Gasteiger partial charge in [0.15, 0.2) is 0 Å². The van der Waals surface area contributed by atoms with Crippen molar-refractivity contribution in [3.8, 4) is 6.07 Å². The summed E-state index contributed by atoms with van der Waals surface area (Å²) in [7, 11) is 0. The Morgan fingerprint density at radius 2 is 2.00 bits per heavy atom. The van der Waals surface area contributed by atoms with Gasteiger partial charge in [-0.15, -0.1) is 0 Å². The van der Waals surface area contributed by atoms with Gasteiger partial charge in [-0.1, -0.05) is 31.2 Å². The normalized spacial score (nSPS) is 10.4. The summed E-state index contributed by atoms with van der Waals surface area (Å²) in [6, 6.07) is 10.2. The van der Waals surface area contributed by atoms with Crippen molar-refractivity contribution in [2.75, 3.05) is 19.7 Å². The van der Waals surface area contributed by atoms with Crippen molar-refractivity contribution in [3.05, 3.63) is 35.4 Å². The van der Waals surface area contributed by atoms with E-state index < -0.39 is 0 Å². The second-order valence-corrected chi connectivity index (χ2v) is 3.70. The van der Waals surface area contributed by atoms with Gasteiger partial charge in [-0.3, -0.25) is 4.90 Å². The molecular weight excluding hydrogens is 200 g/mol. The summed E-state index contributed by atoms with van der Waals surface area (Å²) >= 11 is 0. The van der Waals surface area contributed by atoms with Crippen molar-refractivity contribution in [2.24, 2.45) is 0 Å². The summed E-state index contributed by atoms with van der Waals surface area (Å²) in [4.78, 5) is 2.16. The quantitative estimate of drug-likeness (QED) is 0.788. The second-order valence-electron chi connectivity index (χ2n) is 3.70. The lowest BCUT2D eigenvalue weighted by Gasteiger charge is -2.20. The Bertz CT molecular complexity index is 357. The molecule has 0 bridgehead atoms. The van der Waals surface area contributed by atoms with Crippen LogP contribution in [0, 0.1) is 11.3 Å². The maximum absolute atomic E-state index is 8.92. The molecule has 0 amide bonds. The number of nitrogens with zero attached hydrogens (tertiary/aromatic N) is 2. The molecule has 1 rings (SSSR count). The Morgan fingerprint density at radius 1 is 1.31 bits per heavy atom. The summed E-state index contributed by atoms with van der Waals surface area (Å²) < 4.78 is 0. The predicted molar refractivity (Wildman–Crippen MR) is 63.8 cm³/mol. The van der Waals surface area contributed by atoms with Gasteiger partial charge < -0.3 is 5.11 Å². The molecule has 0 saturated carbocycles. The Kier molecular flexibility index (Phi) is 5.55. The Morgan fingerprint density at radius 3 is 2.56 bits per heavy atom. The van der Waals surface area contributed by atoms with E-state index in [2.05, 4.69) is 17.9 Å². The topological polar surface area (TPSA) is 47.3 Å². The first-order valence-corrected chi connectivity index (χ1v) is 5.58. The van der Waals surface area contributed by atoms with Crippen molar-refractivity contribution < 1.29 is 5.11 Å². The lowest BCUT2D eigenvalue weighted by atomic mass is 10.0. The van der Waals surface area contributed by atoms with Gasteiger partial charge in [0.25, 0.3) is 0 Å². The Labute approximate surface area is 96.9 Å². The highest BCUT2D eigenvalue weighted by Gasteiger charge is 2.06. The average Bonchev–Trinajstić information content (AvgIpc) is 2.31. The Balaban J connectivity index is 2.75. The number of hydrogen-bond acceptors (Lipinski definition) is 3. The number of nitriles is 1. The van der Waals surface area contributed by atoms with Gasteiger partial charge in [-0.25, -0.2) is 0 Å². The first-order valence-electron chi connectivity index (χ1n) is 5.58. The van der Waals surface area contributed by atoms with Crippen LogP contribution in [0.15, 0.2) is 24.3 Å². The third-order valence-electron chi connectivity index (χ3n) is 2.65. The van der Waals surface area contributed by atoms with Gasteiger partial charge in [-0.2, -0.15) is 5.26 Å². The fraction of sp³-hybridized carbons (Fsp3) is 0.462. The molecule has 3 nitrogen and oxygen atoms in total. The first kappa shape index (κ1) is 12.7. The molecule has 3 heteroatoms. The Hall–Kier alpha value is -1.37. The molecule has 16 heavy (non-hydrogen) atoms. The van der Waals surface area contributed by atoms with Gasteiger partial charge in [0.1, 0.15) is 0 Å². The van der Waals surface area contributed by atoms with Crippen molar-refractivity contribution in [1.82, 2.24) is 4.90 Å². The van der Waals surface area contributed by atoms with Crippen molar-refractivity contribution >= 4 is 0 Å². The fourth-order valence-electron chi connectivity index (χ4n) is 1.70. The highest BCUT2D eigenvalue weighted by molar-refractivity contribution is 5.29. The number of hydrogen-bond donors (Lipinski definition) is 1. The maximum Gasteiger partial charge on any atom is 0.0669 e. The van der Waals surface area contributed by atoms with E-state index in [9.17, 15) is 0 Å². The zero-order valence-corrected chi connectivity index (χ0v) is 9.69. The van der Waals surface area contributed by atoms with Crippen molar-refractivity contribution in [3.63, 3.8) is 0 Å². The molecule has 1 N–H and O–H groups in total. The summed E-state index contributed by atoms with van der Waals surface area (Å²) in [6.45, 7) is 4.63. The molecule has 0 unspecified atom stereocenters. The summed E-state index contributed by atoms with van der Waals surface area (Å²) in [5.41, 5.74) is 2.26. The van der Waals surface area contributed by atoms with Crippen molar-refractivity contribution in [1.29, 1.82) is 5.26 Å². The predicted octanol–water partition coefficient (Wildman–Crippen LogP) is 1.57. The molecule has 0 radical (unpaired) electrons. The molecule has 86 valence electrons. The SMILES string of the molecule is CCN(CCO)Cc1ccccc1CC#N. The van der Waals surface area contributed by atoms with Crippen LogP contribution in [0.25, 0.3) is 0 Å². The monoisotopic (exact) mass is 218 g/mol. The van der Waals surface area contributed by atoms with Crippen LogP contribution < -0.4 is 0 Å². The first-order chi connectivity index (χ1) is 7.81. The molecule has 0 heterocycles. The molecular formula is C13H18N2O. The van der Waals surface area contributed by atoms with Crippen LogP contribution in [0.3, 0.4) is 0 Å². The average molecular weight is 218 g/mol. The van der Waals surface area contributed by atoms with E-state index in [-0.39, 0.29) is 6.61 Å². The minimum Gasteiger partial charge on any atom is -0.395 e. The standard InChI is InChI=1S/C13H18N2O/c1-2-15(9-10-16)11-13-6-4-3-5-12(13)7-8-14/h3-6,16H,2,7,9-11H2,1H3. The number of rotatable bonds is 6. The lowest BCUT2D eigenvalue weighted by Crippen LogP contribution is -2.26. The lowest BCUT2D eigenvalue weighted by molar-refractivity contribution is 0.196. The van der Waals surface area contributed by atoms with Crippen LogP contribution in [0.2, 0.25) is 0 Å². The van der Waals surface area contributed by atoms with E-state index in [0.717, 1.165) is 18.7 Å². The van der Waals surface area contributed by atoms with Gasteiger partial charge in [0, 0.05) is 13.1 Å². The molecule has 0 fully saturated rings. The van der Waals surface area contributed by atoms with Crippen LogP contribution >= 0.6 is 0 Å². The molecule has 1 aromatic carbocycles. The second kappa shape index (κ2) is 7.00. The largest absolute Gasteiger partial charge is 0.395 e. The maximum atomic E-state index is 8.92.